The van der Waals surface area contributed by atoms with Gasteiger partial charge in [-0.1, -0.05) is 0 Å². The lowest BCUT2D eigenvalue weighted by Gasteiger charge is -2.26. The quantitative estimate of drug-likeness (QED) is 0.750. The van der Waals surface area contributed by atoms with Crippen LogP contribution in [0.5, 0.6) is 0 Å². The van der Waals surface area contributed by atoms with Crippen molar-refractivity contribution in [2.75, 3.05) is 31.6 Å². The molecule has 1 amide bonds. The lowest BCUT2D eigenvalue weighted by atomic mass is 9.93. The highest BCUT2D eigenvalue weighted by molar-refractivity contribution is 7.89. The van der Waals surface area contributed by atoms with Gasteiger partial charge in [-0.25, -0.2) is 8.42 Å². The Morgan fingerprint density at radius 2 is 1.72 bits per heavy atom. The van der Waals surface area contributed by atoms with Gasteiger partial charge in [-0.3, -0.25) is 4.79 Å². The maximum Gasteiger partial charge on any atom is 0.290 e. The summed E-state index contributed by atoms with van der Waals surface area (Å²) in [6.45, 7) is 1.76. The van der Waals surface area contributed by atoms with E-state index in [1.165, 1.54) is 40.4 Å². The van der Waals surface area contributed by atoms with Crippen LogP contribution in [0.3, 0.4) is 0 Å². The molecule has 1 N–H and O–H groups in total. The maximum absolute atomic E-state index is 12.7. The monoisotopic (exact) mass is 416 g/mol. The summed E-state index contributed by atoms with van der Waals surface area (Å²) in [5, 5.41) is 2.84. The molecule has 1 saturated heterocycles. The van der Waals surface area contributed by atoms with Crippen LogP contribution in [0.15, 0.2) is 47.6 Å². The maximum atomic E-state index is 12.7. The Labute approximate surface area is 171 Å². The molecule has 4 rings (SSSR count). The molecular formula is C21H26N3O4S+. The van der Waals surface area contributed by atoms with Crippen molar-refractivity contribution in [3.8, 4) is 0 Å². The van der Waals surface area contributed by atoms with Crippen molar-refractivity contribution >= 4 is 21.6 Å². The zero-order chi connectivity index (χ0) is 20.3. The number of anilines is 1. The lowest BCUT2D eigenvalue weighted by Crippen LogP contribution is -2.40. The minimum atomic E-state index is -3.53. The van der Waals surface area contributed by atoms with Gasteiger partial charge in [-0.15, -0.1) is 0 Å². The number of hydrogen-bond acceptors (Lipinski definition) is 4. The zero-order valence-corrected chi connectivity index (χ0v) is 17.2. The molecule has 1 aromatic carbocycles. The smallest absolute Gasteiger partial charge is 0.290 e. The summed E-state index contributed by atoms with van der Waals surface area (Å²) in [4.78, 5) is 12.6. The molecule has 0 saturated carbocycles. The van der Waals surface area contributed by atoms with Crippen LogP contribution in [0.4, 0.5) is 5.69 Å². The first-order valence-electron chi connectivity index (χ1n) is 10.0. The van der Waals surface area contributed by atoms with E-state index in [-0.39, 0.29) is 17.3 Å². The van der Waals surface area contributed by atoms with Crippen molar-refractivity contribution in [2.45, 2.75) is 37.1 Å². The molecular weight excluding hydrogens is 390 g/mol. The van der Waals surface area contributed by atoms with E-state index in [0.717, 1.165) is 12.8 Å². The Kier molecular flexibility index (Phi) is 5.94. The number of amides is 1. The lowest BCUT2D eigenvalue weighted by molar-refractivity contribution is -0.684. The number of ether oxygens (including phenoxy) is 1. The normalized spacial score (nSPS) is 17.5. The first kappa shape index (κ1) is 20.0. The predicted octanol–water partition coefficient (Wildman–Crippen LogP) is 1.51. The number of benzene rings is 1. The highest BCUT2D eigenvalue weighted by atomic mass is 32.2. The first-order valence-corrected chi connectivity index (χ1v) is 11.4. The van der Waals surface area contributed by atoms with Crippen LogP contribution in [0.1, 0.15) is 24.0 Å². The molecule has 2 aromatic rings. The number of morpholine rings is 1. The number of nitrogens with zero attached hydrogens (tertiary/aromatic N) is 2. The Bertz CT molecular complexity index is 983. The van der Waals surface area contributed by atoms with Gasteiger partial charge in [0.05, 0.1) is 18.1 Å². The van der Waals surface area contributed by atoms with E-state index < -0.39 is 10.0 Å². The fraction of sp³-hybridized carbons (Fsp3) is 0.429. The van der Waals surface area contributed by atoms with Crippen molar-refractivity contribution in [2.24, 2.45) is 0 Å². The number of carbonyl (C=O) groups excluding carboxylic acids is 1. The number of hydrogen-bond donors (Lipinski definition) is 1. The van der Waals surface area contributed by atoms with Crippen LogP contribution in [-0.2, 0) is 38.9 Å². The molecule has 8 heteroatoms. The molecule has 1 fully saturated rings. The Morgan fingerprint density at radius 1 is 1.03 bits per heavy atom. The summed E-state index contributed by atoms with van der Waals surface area (Å²) in [5.41, 5.74) is 3.28. The van der Waals surface area contributed by atoms with Crippen LogP contribution >= 0.6 is 0 Å². The second kappa shape index (κ2) is 8.61. The van der Waals surface area contributed by atoms with Crippen LogP contribution in [0.25, 0.3) is 0 Å². The van der Waals surface area contributed by atoms with Gasteiger partial charge < -0.3 is 10.1 Å². The highest BCUT2D eigenvalue weighted by Crippen LogP contribution is 2.20. The minimum Gasteiger partial charge on any atom is -0.379 e. The van der Waals surface area contributed by atoms with Crippen molar-refractivity contribution < 1.29 is 22.5 Å². The third-order valence-corrected chi connectivity index (χ3v) is 7.33. The second-order valence-corrected chi connectivity index (χ2v) is 9.40. The second-order valence-electron chi connectivity index (χ2n) is 7.46. The van der Waals surface area contributed by atoms with E-state index in [2.05, 4.69) is 17.6 Å². The molecule has 0 atom stereocenters. The summed E-state index contributed by atoms with van der Waals surface area (Å²) in [5.74, 6) is -0.144. The zero-order valence-electron chi connectivity index (χ0n) is 16.3. The van der Waals surface area contributed by atoms with Crippen LogP contribution < -0.4 is 9.88 Å². The summed E-state index contributed by atoms with van der Waals surface area (Å²) < 4.78 is 33.9. The highest BCUT2D eigenvalue weighted by Gasteiger charge is 2.26. The van der Waals surface area contributed by atoms with Crippen LogP contribution in [0.2, 0.25) is 0 Å². The van der Waals surface area contributed by atoms with E-state index in [1.54, 1.807) is 12.1 Å². The molecule has 154 valence electrons. The van der Waals surface area contributed by atoms with Gasteiger partial charge in [0.2, 0.25) is 16.6 Å². The number of sulfonamides is 1. The van der Waals surface area contributed by atoms with Crippen molar-refractivity contribution in [3.63, 3.8) is 0 Å². The topological polar surface area (TPSA) is 79.6 Å². The van der Waals surface area contributed by atoms with Crippen LogP contribution in [-0.4, -0.2) is 44.9 Å². The van der Waals surface area contributed by atoms with Gasteiger partial charge in [0.25, 0.3) is 5.91 Å². The SMILES string of the molecule is O=C(C[n+]1ccc2c(c1)CCCC2)Nc1ccc(S(=O)(=O)N2CCOCC2)cc1. The molecule has 0 unspecified atom stereocenters. The molecule has 1 aliphatic carbocycles. The first-order chi connectivity index (χ1) is 14.0. The Balaban J connectivity index is 1.39. The van der Waals surface area contributed by atoms with Gasteiger partial charge in [-0.05, 0) is 55.5 Å². The molecule has 0 radical (unpaired) electrons. The van der Waals surface area contributed by atoms with E-state index >= 15 is 0 Å². The van der Waals surface area contributed by atoms with Gasteiger partial charge in [0.15, 0.2) is 12.4 Å². The van der Waals surface area contributed by atoms with Crippen molar-refractivity contribution in [1.29, 1.82) is 0 Å². The Hall–Kier alpha value is -2.29. The van der Waals surface area contributed by atoms with E-state index in [0.29, 0.717) is 32.0 Å². The number of carbonyl (C=O) groups is 1. The number of aromatic nitrogens is 1. The van der Waals surface area contributed by atoms with Gasteiger partial charge in [0.1, 0.15) is 0 Å². The summed E-state index contributed by atoms with van der Waals surface area (Å²) in [7, 11) is -3.53. The summed E-state index contributed by atoms with van der Waals surface area (Å²) in [6, 6.07) is 8.43. The van der Waals surface area contributed by atoms with Crippen molar-refractivity contribution in [1.82, 2.24) is 4.31 Å². The predicted molar refractivity (Wildman–Crippen MR) is 108 cm³/mol. The fourth-order valence-electron chi connectivity index (χ4n) is 3.83. The standard InChI is InChI=1S/C21H25N3O4S/c25-21(16-23-10-9-17-3-1-2-4-18(17)15-23)22-19-5-7-20(8-6-19)29(26,27)24-11-13-28-14-12-24/h5-10,15H,1-4,11-14,16H2/p+1. The number of pyridine rings is 1. The van der Waals surface area contributed by atoms with Crippen LogP contribution in [0, 0.1) is 0 Å². The fourth-order valence-corrected chi connectivity index (χ4v) is 5.24. The summed E-state index contributed by atoms with van der Waals surface area (Å²) >= 11 is 0. The third kappa shape index (κ3) is 4.66. The number of nitrogens with one attached hydrogen (secondary N) is 1. The minimum absolute atomic E-state index is 0.144. The van der Waals surface area contributed by atoms with Crippen molar-refractivity contribution in [3.05, 3.63) is 53.9 Å². The number of rotatable bonds is 5. The van der Waals surface area contributed by atoms with E-state index in [4.69, 9.17) is 4.74 Å². The number of fused-ring (bicyclic) bond motifs is 1. The molecule has 2 aliphatic rings. The molecule has 29 heavy (non-hydrogen) atoms. The molecule has 0 bridgehead atoms. The molecule has 0 spiro atoms. The molecule has 2 heterocycles. The Morgan fingerprint density at radius 3 is 2.45 bits per heavy atom. The van der Waals surface area contributed by atoms with E-state index in [9.17, 15) is 13.2 Å². The van der Waals surface area contributed by atoms with Gasteiger partial charge >= 0.3 is 0 Å². The van der Waals surface area contributed by atoms with Gasteiger partial charge in [-0.2, -0.15) is 8.87 Å². The van der Waals surface area contributed by atoms with E-state index in [1.807, 2.05) is 10.8 Å². The van der Waals surface area contributed by atoms with Gasteiger partial charge in [0, 0.05) is 30.4 Å². The average molecular weight is 417 g/mol. The number of aryl methyl sites for hydroxylation is 2. The summed E-state index contributed by atoms with van der Waals surface area (Å²) in [6.07, 6.45) is 8.62. The molecule has 1 aromatic heterocycles. The molecule has 1 aliphatic heterocycles. The molecule has 7 nitrogen and oxygen atoms in total. The largest absolute Gasteiger partial charge is 0.379 e. The average Bonchev–Trinajstić information content (AvgIpc) is 2.74. The third-order valence-electron chi connectivity index (χ3n) is 5.42.